The Morgan fingerprint density at radius 1 is 1.38 bits per heavy atom. The Labute approximate surface area is 77.3 Å². The Balaban J connectivity index is 2.18. The van der Waals surface area contributed by atoms with E-state index in [-0.39, 0.29) is 0 Å². The molecule has 1 rings (SSSR count). The zero-order chi connectivity index (χ0) is 9.68. The molecule has 6 heteroatoms. The Kier molecular flexibility index (Phi) is 3.94. The highest BCUT2D eigenvalue weighted by molar-refractivity contribution is 5.65. The third-order valence-corrected chi connectivity index (χ3v) is 2.22. The molecular weight excluding hydrogens is 172 g/mol. The minimum atomic E-state index is -0.823. The summed E-state index contributed by atoms with van der Waals surface area (Å²) in [4.78, 5) is 14.2. The van der Waals surface area contributed by atoms with Crippen LogP contribution in [0, 0.1) is 0 Å². The van der Waals surface area contributed by atoms with Crippen molar-refractivity contribution in [2.75, 3.05) is 39.3 Å². The minimum absolute atomic E-state index is 0.597. The van der Waals surface area contributed by atoms with Gasteiger partial charge in [0, 0.05) is 39.3 Å². The third kappa shape index (κ3) is 3.17. The van der Waals surface area contributed by atoms with Gasteiger partial charge in [-0.05, 0) is 0 Å². The maximum Gasteiger partial charge on any atom is 0.407 e. The van der Waals surface area contributed by atoms with E-state index in [0.29, 0.717) is 13.1 Å². The Bertz CT molecular complexity index is 168. The van der Waals surface area contributed by atoms with Crippen LogP contribution in [0.5, 0.6) is 0 Å². The number of nitrogens with two attached hydrogens (primary N) is 1. The molecule has 0 bridgehead atoms. The van der Waals surface area contributed by atoms with E-state index in [9.17, 15) is 4.79 Å². The smallest absolute Gasteiger partial charge is 0.407 e. The molecule has 1 saturated heterocycles. The van der Waals surface area contributed by atoms with Crippen LogP contribution in [0.15, 0.2) is 0 Å². The van der Waals surface area contributed by atoms with Gasteiger partial charge in [0.1, 0.15) is 0 Å². The topological polar surface area (TPSA) is 81.8 Å². The Morgan fingerprint density at radius 3 is 2.46 bits per heavy atom. The lowest BCUT2D eigenvalue weighted by atomic mass is 10.3. The van der Waals surface area contributed by atoms with Gasteiger partial charge in [-0.3, -0.25) is 16.2 Å². The van der Waals surface area contributed by atoms with Gasteiger partial charge in [-0.25, -0.2) is 4.79 Å². The molecule has 1 fully saturated rings. The Morgan fingerprint density at radius 2 is 2.00 bits per heavy atom. The number of rotatable bonds is 3. The van der Waals surface area contributed by atoms with Gasteiger partial charge >= 0.3 is 6.09 Å². The highest BCUT2D eigenvalue weighted by Crippen LogP contribution is 2.00. The van der Waals surface area contributed by atoms with E-state index in [1.807, 2.05) is 0 Å². The summed E-state index contributed by atoms with van der Waals surface area (Å²) >= 11 is 0. The number of carbonyl (C=O) groups is 1. The fraction of sp³-hybridized carbons (Fsp3) is 0.857. The summed E-state index contributed by atoms with van der Waals surface area (Å²) in [5, 5.41) is 8.68. The van der Waals surface area contributed by atoms with Gasteiger partial charge in [-0.2, -0.15) is 0 Å². The van der Waals surface area contributed by atoms with Crippen LogP contribution >= 0.6 is 0 Å². The summed E-state index contributed by atoms with van der Waals surface area (Å²) in [6, 6.07) is 0. The molecule has 1 aliphatic heterocycles. The van der Waals surface area contributed by atoms with Gasteiger partial charge in [0.2, 0.25) is 0 Å². The standard InChI is InChI=1S/C7H16N4O2/c8-9-1-2-10-3-5-11(6-4-10)7(12)13/h9H,1-6,8H2,(H,12,13). The van der Waals surface area contributed by atoms with Gasteiger partial charge in [0.15, 0.2) is 0 Å². The molecule has 4 N–H and O–H groups in total. The van der Waals surface area contributed by atoms with E-state index in [0.717, 1.165) is 26.2 Å². The summed E-state index contributed by atoms with van der Waals surface area (Å²) in [7, 11) is 0. The molecule has 0 aromatic rings. The van der Waals surface area contributed by atoms with Crippen LogP contribution in [0.25, 0.3) is 0 Å². The molecule has 0 saturated carbocycles. The van der Waals surface area contributed by atoms with Gasteiger partial charge < -0.3 is 10.0 Å². The van der Waals surface area contributed by atoms with Crippen LogP contribution in [0.3, 0.4) is 0 Å². The number of nitrogens with one attached hydrogen (secondary N) is 1. The summed E-state index contributed by atoms with van der Waals surface area (Å²) < 4.78 is 0. The van der Waals surface area contributed by atoms with E-state index < -0.39 is 6.09 Å². The molecule has 0 aromatic carbocycles. The number of hydrazine groups is 1. The molecule has 0 aliphatic carbocycles. The number of nitrogens with zero attached hydrogens (tertiary/aromatic N) is 2. The fourth-order valence-corrected chi connectivity index (χ4v) is 1.39. The maximum absolute atomic E-state index is 10.6. The van der Waals surface area contributed by atoms with E-state index in [1.54, 1.807) is 0 Å². The molecule has 0 radical (unpaired) electrons. The molecule has 1 amide bonds. The van der Waals surface area contributed by atoms with Crippen LogP contribution < -0.4 is 11.3 Å². The molecule has 6 nitrogen and oxygen atoms in total. The van der Waals surface area contributed by atoms with E-state index in [4.69, 9.17) is 10.9 Å². The molecular formula is C7H16N4O2. The van der Waals surface area contributed by atoms with Crippen LogP contribution in [-0.4, -0.2) is 60.3 Å². The van der Waals surface area contributed by atoms with Crippen molar-refractivity contribution < 1.29 is 9.90 Å². The van der Waals surface area contributed by atoms with Crippen molar-refractivity contribution in [1.82, 2.24) is 15.2 Å². The van der Waals surface area contributed by atoms with E-state index in [2.05, 4.69) is 10.3 Å². The predicted octanol–water partition coefficient (Wildman–Crippen LogP) is -1.25. The summed E-state index contributed by atoms with van der Waals surface area (Å²) in [5.74, 6) is 5.14. The Hall–Kier alpha value is -0.850. The van der Waals surface area contributed by atoms with Crippen LogP contribution in [0.2, 0.25) is 0 Å². The number of amides is 1. The monoisotopic (exact) mass is 188 g/mol. The molecule has 0 unspecified atom stereocenters. The largest absolute Gasteiger partial charge is 0.465 e. The zero-order valence-electron chi connectivity index (χ0n) is 7.57. The third-order valence-electron chi connectivity index (χ3n) is 2.22. The first-order valence-corrected chi connectivity index (χ1v) is 4.37. The maximum atomic E-state index is 10.6. The van der Waals surface area contributed by atoms with Crippen molar-refractivity contribution in [3.8, 4) is 0 Å². The van der Waals surface area contributed by atoms with Gasteiger partial charge in [-0.1, -0.05) is 0 Å². The van der Waals surface area contributed by atoms with Crippen molar-refractivity contribution >= 4 is 6.09 Å². The van der Waals surface area contributed by atoms with Crippen molar-refractivity contribution in [2.45, 2.75) is 0 Å². The second-order valence-corrected chi connectivity index (χ2v) is 3.07. The molecule has 1 aliphatic rings. The SMILES string of the molecule is NNCCN1CCN(C(=O)O)CC1. The number of piperazine rings is 1. The van der Waals surface area contributed by atoms with E-state index in [1.165, 1.54) is 4.90 Å². The first kappa shape index (κ1) is 10.2. The van der Waals surface area contributed by atoms with Crippen molar-refractivity contribution in [1.29, 1.82) is 0 Å². The second kappa shape index (κ2) is 5.00. The van der Waals surface area contributed by atoms with Crippen LogP contribution in [-0.2, 0) is 0 Å². The summed E-state index contributed by atoms with van der Waals surface area (Å²) in [6.07, 6.45) is -0.823. The lowest BCUT2D eigenvalue weighted by Gasteiger charge is -2.32. The van der Waals surface area contributed by atoms with Crippen LogP contribution in [0.1, 0.15) is 0 Å². The fourth-order valence-electron chi connectivity index (χ4n) is 1.39. The van der Waals surface area contributed by atoms with Gasteiger partial charge in [0.25, 0.3) is 0 Å². The molecule has 0 spiro atoms. The molecule has 1 heterocycles. The summed E-state index contributed by atoms with van der Waals surface area (Å²) in [5.41, 5.74) is 2.58. The first-order valence-electron chi connectivity index (χ1n) is 4.37. The molecule has 76 valence electrons. The second-order valence-electron chi connectivity index (χ2n) is 3.07. The molecule has 0 aromatic heterocycles. The number of hydrogen-bond acceptors (Lipinski definition) is 4. The van der Waals surface area contributed by atoms with Crippen molar-refractivity contribution in [3.05, 3.63) is 0 Å². The first-order chi connectivity index (χ1) is 6.24. The predicted molar refractivity (Wildman–Crippen MR) is 48.2 cm³/mol. The number of hydrogen-bond donors (Lipinski definition) is 3. The van der Waals surface area contributed by atoms with Gasteiger partial charge in [-0.15, -0.1) is 0 Å². The molecule has 0 atom stereocenters. The number of carboxylic acid groups (broad SMARTS) is 1. The van der Waals surface area contributed by atoms with Crippen molar-refractivity contribution in [3.63, 3.8) is 0 Å². The average molecular weight is 188 g/mol. The minimum Gasteiger partial charge on any atom is -0.465 e. The quantitative estimate of drug-likeness (QED) is 0.380. The zero-order valence-corrected chi connectivity index (χ0v) is 7.57. The normalized spacial score (nSPS) is 19.0. The highest BCUT2D eigenvalue weighted by Gasteiger charge is 2.19. The average Bonchev–Trinajstić information content (AvgIpc) is 2.15. The summed E-state index contributed by atoms with van der Waals surface area (Å²) in [6.45, 7) is 4.42. The lowest BCUT2D eigenvalue weighted by Crippen LogP contribution is -2.50. The molecule has 13 heavy (non-hydrogen) atoms. The van der Waals surface area contributed by atoms with Gasteiger partial charge in [0.05, 0.1) is 0 Å². The lowest BCUT2D eigenvalue weighted by molar-refractivity contribution is 0.106. The van der Waals surface area contributed by atoms with E-state index >= 15 is 0 Å². The van der Waals surface area contributed by atoms with Crippen LogP contribution in [0.4, 0.5) is 4.79 Å². The van der Waals surface area contributed by atoms with Crippen molar-refractivity contribution in [2.24, 2.45) is 5.84 Å². The highest BCUT2D eigenvalue weighted by atomic mass is 16.4.